The minimum absolute atomic E-state index is 0. The summed E-state index contributed by atoms with van der Waals surface area (Å²) in [6, 6.07) is 0. The molecule has 0 aliphatic rings. The van der Waals surface area contributed by atoms with Crippen molar-refractivity contribution in [1.29, 1.82) is 0 Å². The summed E-state index contributed by atoms with van der Waals surface area (Å²) < 4.78 is 31.6. The molecule has 0 radical (unpaired) electrons. The van der Waals surface area contributed by atoms with Crippen molar-refractivity contribution in [2.45, 2.75) is 0 Å². The summed E-state index contributed by atoms with van der Waals surface area (Å²) in [4.78, 5) is 0. The van der Waals surface area contributed by atoms with Gasteiger partial charge in [-0.1, -0.05) is 0 Å². The normalized spacial score (nSPS) is 5.80. The smallest absolute Gasteiger partial charge is 1.00 e. The standard InChI is InChI=1S/4Ca.H2O4S.H3P.8H/c;;;;1-5(2,3)4;;;;;;;;;/h;;;;(H2,1,2,3,4);1H3;;;;;;;;/q4*+2;;;8*-1. The Morgan fingerprint density at radius 1 is 0.900 bits per heavy atom. The molecule has 0 saturated carbocycles. The van der Waals surface area contributed by atoms with Gasteiger partial charge in [-0.15, -0.1) is 0 Å². The maximum atomic E-state index is 8.74. The van der Waals surface area contributed by atoms with Crippen molar-refractivity contribution in [2.24, 2.45) is 0 Å². The van der Waals surface area contributed by atoms with E-state index in [1.54, 1.807) is 0 Å². The molecule has 0 aromatic rings. The molecular weight excluding hydrogens is 287 g/mol. The zero-order valence-electron chi connectivity index (χ0n) is 13.7. The molecule has 0 saturated heterocycles. The van der Waals surface area contributed by atoms with Crippen molar-refractivity contribution in [3.05, 3.63) is 0 Å². The monoisotopic (exact) mass is 300 g/mol. The van der Waals surface area contributed by atoms with Crippen molar-refractivity contribution < 1.29 is 28.9 Å². The first kappa shape index (κ1) is 36.2. The molecule has 0 aromatic heterocycles. The summed E-state index contributed by atoms with van der Waals surface area (Å²) in [6.07, 6.45) is 0. The Morgan fingerprint density at radius 3 is 0.900 bits per heavy atom. The molecule has 4 nitrogen and oxygen atoms in total. The zero-order chi connectivity index (χ0) is 4.50. The molecule has 0 heterocycles. The van der Waals surface area contributed by atoms with Crippen molar-refractivity contribution in [3.8, 4) is 0 Å². The Kier molecular flexibility index (Phi) is 71.8. The summed E-state index contributed by atoms with van der Waals surface area (Å²) in [5.41, 5.74) is 0. The van der Waals surface area contributed by atoms with E-state index in [9.17, 15) is 0 Å². The van der Waals surface area contributed by atoms with Crippen molar-refractivity contribution in [1.82, 2.24) is 0 Å². The van der Waals surface area contributed by atoms with Gasteiger partial charge in [-0.2, -0.15) is 18.3 Å². The SMILES string of the molecule is O=S(=O)(O)O.P.[Ca+2].[Ca+2].[Ca+2].[Ca+2].[H-].[H-].[H-].[H-].[H-].[H-].[H-].[H-]. The molecule has 0 rings (SSSR count). The van der Waals surface area contributed by atoms with Gasteiger partial charge in [0.1, 0.15) is 0 Å². The third-order valence-electron chi connectivity index (χ3n) is 0. The fourth-order valence-electron chi connectivity index (χ4n) is 0. The summed E-state index contributed by atoms with van der Waals surface area (Å²) in [6.45, 7) is 0. The second-order valence-corrected chi connectivity index (χ2v) is 1.34. The maximum absolute atomic E-state index is 8.74. The summed E-state index contributed by atoms with van der Waals surface area (Å²) >= 11 is 0. The van der Waals surface area contributed by atoms with Crippen LogP contribution in [0.15, 0.2) is 0 Å². The Balaban J connectivity index is -0.00000000103. The summed E-state index contributed by atoms with van der Waals surface area (Å²) in [5, 5.41) is 0. The van der Waals surface area contributed by atoms with Gasteiger partial charge in [0.15, 0.2) is 0 Å². The Labute approximate surface area is 195 Å². The van der Waals surface area contributed by atoms with Crippen LogP contribution >= 0.6 is 9.90 Å². The van der Waals surface area contributed by atoms with Crippen LogP contribution in [0.4, 0.5) is 0 Å². The van der Waals surface area contributed by atoms with E-state index in [-0.39, 0.29) is 172 Å². The van der Waals surface area contributed by atoms with E-state index in [0.29, 0.717) is 0 Å². The van der Waals surface area contributed by atoms with E-state index in [1.165, 1.54) is 0 Å². The molecule has 0 amide bonds. The average Bonchev–Trinajstić information content (AvgIpc) is 0.722. The molecule has 10 heavy (non-hydrogen) atoms. The molecule has 56 valence electrons. The van der Waals surface area contributed by atoms with Crippen LogP contribution in [0.5, 0.6) is 0 Å². The van der Waals surface area contributed by atoms with E-state index in [2.05, 4.69) is 0 Å². The van der Waals surface area contributed by atoms with Gasteiger partial charge in [0, 0.05) is 0 Å². The van der Waals surface area contributed by atoms with Crippen LogP contribution in [0.2, 0.25) is 0 Å². The predicted octanol–water partition coefficient (Wildman–Crippen LogP) is -1.22. The van der Waals surface area contributed by atoms with Crippen molar-refractivity contribution in [3.63, 3.8) is 0 Å². The Morgan fingerprint density at radius 2 is 0.900 bits per heavy atom. The van der Waals surface area contributed by atoms with Crippen LogP contribution in [0.25, 0.3) is 0 Å². The molecule has 1 unspecified atom stereocenters. The van der Waals surface area contributed by atoms with Crippen LogP contribution in [-0.2, 0) is 10.4 Å². The number of rotatable bonds is 0. The fraction of sp³-hybridized carbons (Fsp3) is 0. The molecule has 0 spiro atoms. The Bertz CT molecular complexity index is 118. The van der Waals surface area contributed by atoms with Gasteiger partial charge in [-0.05, 0) is 0 Å². The molecule has 2 N–H and O–H groups in total. The van der Waals surface area contributed by atoms with Gasteiger partial charge in [-0.25, -0.2) is 0 Å². The van der Waals surface area contributed by atoms with E-state index < -0.39 is 10.4 Å². The molecule has 0 bridgehead atoms. The van der Waals surface area contributed by atoms with Gasteiger partial charge in [0.05, 0.1) is 0 Å². The van der Waals surface area contributed by atoms with Crippen LogP contribution < -0.4 is 0 Å². The summed E-state index contributed by atoms with van der Waals surface area (Å²) in [7, 11) is -4.67. The van der Waals surface area contributed by atoms with E-state index in [4.69, 9.17) is 17.5 Å². The van der Waals surface area contributed by atoms with Crippen LogP contribution in [0, 0.1) is 0 Å². The predicted molar refractivity (Wildman–Crippen MR) is 57.2 cm³/mol. The zero-order valence-corrected chi connectivity index (χ0v) is 16.7. The second-order valence-electron chi connectivity index (χ2n) is 0.448. The Hall–Kier alpha value is 5.34. The topological polar surface area (TPSA) is 74.6 Å². The van der Waals surface area contributed by atoms with E-state index in [1.807, 2.05) is 0 Å². The molecule has 0 fully saturated rings. The largest absolute Gasteiger partial charge is 2.00 e. The van der Waals surface area contributed by atoms with Crippen LogP contribution in [-0.4, -0.2) is 168 Å². The first-order valence-electron chi connectivity index (χ1n) is 0.698. The molecule has 0 aliphatic carbocycles. The quantitative estimate of drug-likeness (QED) is 0.334. The first-order chi connectivity index (χ1) is 2.00. The van der Waals surface area contributed by atoms with Crippen LogP contribution in [0.3, 0.4) is 0 Å². The average molecular weight is 300 g/mol. The number of hydrogen-bond acceptors (Lipinski definition) is 2. The fourth-order valence-corrected chi connectivity index (χ4v) is 0. The van der Waals surface area contributed by atoms with E-state index >= 15 is 0 Å². The van der Waals surface area contributed by atoms with Crippen molar-refractivity contribution in [2.75, 3.05) is 0 Å². The molecule has 0 aliphatic heterocycles. The third kappa shape index (κ3) is 71.2. The summed E-state index contributed by atoms with van der Waals surface area (Å²) in [5.74, 6) is 0. The minimum Gasteiger partial charge on any atom is -1.00 e. The second kappa shape index (κ2) is 19.8. The first-order valence-corrected chi connectivity index (χ1v) is 2.10. The molecule has 0 aromatic carbocycles. The van der Waals surface area contributed by atoms with Gasteiger partial charge >= 0.3 is 161 Å². The molecule has 1 atom stereocenters. The minimum atomic E-state index is -4.67. The van der Waals surface area contributed by atoms with Crippen molar-refractivity contribution >= 4 is 171 Å². The maximum Gasteiger partial charge on any atom is 2.00 e. The number of hydrogen-bond donors (Lipinski definition) is 2. The van der Waals surface area contributed by atoms with Gasteiger partial charge < -0.3 is 11.4 Å². The van der Waals surface area contributed by atoms with Gasteiger partial charge in [-0.3, -0.25) is 9.11 Å². The van der Waals surface area contributed by atoms with E-state index in [0.717, 1.165) is 0 Å². The third-order valence-corrected chi connectivity index (χ3v) is 0. The van der Waals surface area contributed by atoms with Gasteiger partial charge in [0.2, 0.25) is 0 Å². The van der Waals surface area contributed by atoms with Gasteiger partial charge in [0.25, 0.3) is 0 Å². The molecular formula is H13Ca4O4PS. The van der Waals surface area contributed by atoms with Crippen LogP contribution in [0.1, 0.15) is 11.4 Å². The molecule has 10 heteroatoms.